The summed E-state index contributed by atoms with van der Waals surface area (Å²) < 4.78 is 12.3. The lowest BCUT2D eigenvalue weighted by Crippen LogP contribution is -2.21. The van der Waals surface area contributed by atoms with Crippen molar-refractivity contribution in [2.75, 3.05) is 17.7 Å². The highest BCUT2D eigenvalue weighted by Gasteiger charge is 2.17. The van der Waals surface area contributed by atoms with E-state index < -0.39 is 5.97 Å². The highest BCUT2D eigenvalue weighted by Crippen LogP contribution is 2.24. The van der Waals surface area contributed by atoms with Gasteiger partial charge in [-0.3, -0.25) is 14.2 Å². The summed E-state index contributed by atoms with van der Waals surface area (Å²) in [6.07, 6.45) is 1.57. The molecule has 0 aliphatic heterocycles. The molecule has 0 aliphatic carbocycles. The third-order valence-electron chi connectivity index (χ3n) is 4.32. The van der Waals surface area contributed by atoms with Crippen LogP contribution in [0.5, 0.6) is 0 Å². The number of furan rings is 1. The van der Waals surface area contributed by atoms with E-state index in [0.717, 1.165) is 0 Å². The SMILES string of the molecule is CCn1c(SCC(=O)OCC(=O)Nc2ccc(C(C)C)cc2)nnc1-c1ccco1. The zero-order valence-electron chi connectivity index (χ0n) is 17.1. The number of hydrogen-bond acceptors (Lipinski definition) is 7. The summed E-state index contributed by atoms with van der Waals surface area (Å²) in [6, 6.07) is 11.2. The molecule has 0 aliphatic rings. The molecule has 0 saturated heterocycles. The summed E-state index contributed by atoms with van der Waals surface area (Å²) >= 11 is 1.20. The lowest BCUT2D eigenvalue weighted by Gasteiger charge is -2.09. The fraction of sp³-hybridized carbons (Fsp3) is 0.333. The quantitative estimate of drug-likeness (QED) is 0.407. The summed E-state index contributed by atoms with van der Waals surface area (Å²) in [6.45, 7) is 6.44. The number of esters is 1. The number of anilines is 1. The summed E-state index contributed by atoms with van der Waals surface area (Å²) in [5.74, 6) is 0.755. The number of rotatable bonds is 9. The molecule has 0 bridgehead atoms. The Morgan fingerprint density at radius 1 is 1.20 bits per heavy atom. The van der Waals surface area contributed by atoms with Crippen molar-refractivity contribution in [3.8, 4) is 11.6 Å². The molecule has 0 fully saturated rings. The van der Waals surface area contributed by atoms with Crippen molar-refractivity contribution >= 4 is 29.3 Å². The molecule has 0 unspecified atom stereocenters. The molecule has 1 N–H and O–H groups in total. The number of carbonyl (C=O) groups excluding carboxylic acids is 2. The minimum Gasteiger partial charge on any atom is -0.461 e. The molecule has 1 amide bonds. The molecule has 158 valence electrons. The maximum absolute atomic E-state index is 12.0. The molecule has 9 heteroatoms. The predicted octanol–water partition coefficient (Wildman–Crippen LogP) is 3.96. The van der Waals surface area contributed by atoms with Crippen LogP contribution in [0.1, 0.15) is 32.3 Å². The van der Waals surface area contributed by atoms with Gasteiger partial charge in [-0.25, -0.2) is 0 Å². The number of carbonyl (C=O) groups is 2. The van der Waals surface area contributed by atoms with E-state index in [1.54, 1.807) is 18.4 Å². The maximum atomic E-state index is 12.0. The minimum atomic E-state index is -0.504. The highest BCUT2D eigenvalue weighted by molar-refractivity contribution is 7.99. The van der Waals surface area contributed by atoms with Crippen LogP contribution in [0.25, 0.3) is 11.6 Å². The number of ether oxygens (including phenoxy) is 1. The Kier molecular flexibility index (Phi) is 7.29. The van der Waals surface area contributed by atoms with Crippen LogP contribution in [0, 0.1) is 0 Å². The van der Waals surface area contributed by atoms with Crippen LogP contribution in [0.4, 0.5) is 5.69 Å². The smallest absolute Gasteiger partial charge is 0.316 e. The largest absolute Gasteiger partial charge is 0.461 e. The lowest BCUT2D eigenvalue weighted by molar-refractivity contribution is -0.144. The molecule has 0 radical (unpaired) electrons. The normalized spacial score (nSPS) is 10.9. The van der Waals surface area contributed by atoms with E-state index in [0.29, 0.717) is 34.9 Å². The molecule has 0 spiro atoms. The highest BCUT2D eigenvalue weighted by atomic mass is 32.2. The number of hydrogen-bond donors (Lipinski definition) is 1. The number of nitrogens with zero attached hydrogens (tertiary/aromatic N) is 3. The number of aromatic nitrogens is 3. The van der Waals surface area contributed by atoms with Crippen molar-refractivity contribution in [3.63, 3.8) is 0 Å². The lowest BCUT2D eigenvalue weighted by atomic mass is 10.0. The predicted molar refractivity (Wildman–Crippen MR) is 114 cm³/mol. The maximum Gasteiger partial charge on any atom is 0.316 e. The van der Waals surface area contributed by atoms with Crippen LogP contribution in [0.15, 0.2) is 52.2 Å². The van der Waals surface area contributed by atoms with E-state index in [1.807, 2.05) is 35.8 Å². The standard InChI is InChI=1S/C21H24N4O4S/c1-4-25-20(17-6-5-11-28-17)23-24-21(25)30-13-19(27)29-12-18(26)22-16-9-7-15(8-10-16)14(2)3/h5-11,14H,4,12-13H2,1-3H3,(H,22,26). The third kappa shape index (κ3) is 5.50. The molecule has 0 saturated carbocycles. The topological polar surface area (TPSA) is 99.2 Å². The summed E-state index contributed by atoms with van der Waals surface area (Å²) in [5.41, 5.74) is 1.85. The number of amides is 1. The van der Waals surface area contributed by atoms with Crippen LogP contribution in [-0.2, 0) is 20.9 Å². The van der Waals surface area contributed by atoms with Gasteiger partial charge in [0.05, 0.1) is 12.0 Å². The van der Waals surface area contributed by atoms with Gasteiger partial charge in [-0.15, -0.1) is 10.2 Å². The first-order valence-corrected chi connectivity index (χ1v) is 10.6. The van der Waals surface area contributed by atoms with Crippen molar-refractivity contribution in [2.45, 2.75) is 38.4 Å². The Morgan fingerprint density at radius 2 is 1.97 bits per heavy atom. The van der Waals surface area contributed by atoms with E-state index in [9.17, 15) is 9.59 Å². The van der Waals surface area contributed by atoms with E-state index in [-0.39, 0.29) is 18.3 Å². The molecule has 3 rings (SSSR count). The second-order valence-electron chi connectivity index (χ2n) is 6.80. The van der Waals surface area contributed by atoms with Crippen LogP contribution in [0.3, 0.4) is 0 Å². The molecular weight excluding hydrogens is 404 g/mol. The Hall–Kier alpha value is -3.07. The minimum absolute atomic E-state index is 0.0205. The van der Waals surface area contributed by atoms with Gasteiger partial charge in [-0.05, 0) is 42.7 Å². The van der Waals surface area contributed by atoms with Crippen LogP contribution < -0.4 is 5.32 Å². The second kappa shape index (κ2) is 10.1. The average Bonchev–Trinajstić information content (AvgIpc) is 3.40. The van der Waals surface area contributed by atoms with Gasteiger partial charge in [-0.1, -0.05) is 37.7 Å². The van der Waals surface area contributed by atoms with Crippen LogP contribution in [-0.4, -0.2) is 39.0 Å². The summed E-state index contributed by atoms with van der Waals surface area (Å²) in [5, 5.41) is 11.5. The van der Waals surface area contributed by atoms with E-state index in [1.165, 1.54) is 17.3 Å². The van der Waals surface area contributed by atoms with Crippen molar-refractivity contribution in [2.24, 2.45) is 0 Å². The van der Waals surface area contributed by atoms with Gasteiger partial charge in [0.1, 0.15) is 0 Å². The molecule has 2 aromatic heterocycles. The van der Waals surface area contributed by atoms with Crippen molar-refractivity contribution in [1.82, 2.24) is 14.8 Å². The summed E-state index contributed by atoms with van der Waals surface area (Å²) in [7, 11) is 0. The van der Waals surface area contributed by atoms with Gasteiger partial charge >= 0.3 is 5.97 Å². The molecular formula is C21H24N4O4S. The zero-order chi connectivity index (χ0) is 21.5. The van der Waals surface area contributed by atoms with E-state index in [2.05, 4.69) is 29.4 Å². The number of thioether (sulfide) groups is 1. The molecule has 0 atom stereocenters. The van der Waals surface area contributed by atoms with Gasteiger partial charge in [0.15, 0.2) is 23.3 Å². The van der Waals surface area contributed by atoms with Crippen molar-refractivity contribution < 1.29 is 18.7 Å². The molecule has 30 heavy (non-hydrogen) atoms. The van der Waals surface area contributed by atoms with Gasteiger partial charge in [0.25, 0.3) is 5.91 Å². The Bertz CT molecular complexity index is 981. The van der Waals surface area contributed by atoms with Crippen LogP contribution >= 0.6 is 11.8 Å². The Morgan fingerprint density at radius 3 is 2.60 bits per heavy atom. The van der Waals surface area contributed by atoms with Gasteiger partial charge in [0.2, 0.25) is 0 Å². The Labute approximate surface area is 179 Å². The van der Waals surface area contributed by atoms with Gasteiger partial charge in [-0.2, -0.15) is 0 Å². The van der Waals surface area contributed by atoms with E-state index in [4.69, 9.17) is 9.15 Å². The van der Waals surface area contributed by atoms with Crippen molar-refractivity contribution in [1.29, 1.82) is 0 Å². The number of benzene rings is 1. The third-order valence-corrected chi connectivity index (χ3v) is 5.26. The first-order chi connectivity index (χ1) is 14.5. The fourth-order valence-electron chi connectivity index (χ4n) is 2.73. The van der Waals surface area contributed by atoms with Crippen LogP contribution in [0.2, 0.25) is 0 Å². The van der Waals surface area contributed by atoms with E-state index >= 15 is 0 Å². The first kappa shape index (κ1) is 21.6. The Balaban J connectivity index is 1.46. The van der Waals surface area contributed by atoms with Gasteiger partial charge in [0, 0.05) is 12.2 Å². The summed E-state index contributed by atoms with van der Waals surface area (Å²) in [4.78, 5) is 24.0. The first-order valence-electron chi connectivity index (χ1n) is 9.63. The molecule has 2 heterocycles. The average molecular weight is 429 g/mol. The zero-order valence-corrected chi connectivity index (χ0v) is 17.9. The fourth-order valence-corrected chi connectivity index (χ4v) is 3.53. The molecule has 8 nitrogen and oxygen atoms in total. The van der Waals surface area contributed by atoms with Gasteiger partial charge < -0.3 is 14.5 Å². The molecule has 3 aromatic rings. The molecule has 1 aromatic carbocycles. The monoisotopic (exact) mass is 428 g/mol. The van der Waals surface area contributed by atoms with Crippen molar-refractivity contribution in [3.05, 3.63) is 48.2 Å². The number of nitrogens with one attached hydrogen (secondary N) is 1. The second-order valence-corrected chi connectivity index (χ2v) is 7.74.